The Morgan fingerprint density at radius 2 is 1.66 bits per heavy atom. The highest BCUT2D eigenvalue weighted by Crippen LogP contribution is 2.37. The molecule has 2 heterocycles. The lowest BCUT2D eigenvalue weighted by Crippen LogP contribution is -2.54. The first kappa shape index (κ1) is 36.6. The van der Waals surface area contributed by atoms with Gasteiger partial charge in [-0.25, -0.2) is 4.79 Å². The largest absolute Gasteiger partial charge is 0.416 e. The number of hydrogen-bond acceptors (Lipinski definition) is 5. The standard InChI is InChI=1S/C31H35Cl2F6N5O3/c1-42(28(45)20-14-21(30(34,35)36)17-22(15-20)31(37,38)39)18-27(41-47-2)24(19-4-5-25(32)26(33)16-19)8-13-43-11-6-23(7-12-43)44-10-3-9-40-29(44)46/h4-5,14-17,23-24H,3,6-13,18H2,1-2H3,(H,40,46)/b41-27+. The monoisotopic (exact) mass is 709 g/mol. The minimum absolute atomic E-state index is 0.0288. The number of amides is 3. The molecule has 0 radical (unpaired) electrons. The summed E-state index contributed by atoms with van der Waals surface area (Å²) in [6.07, 6.45) is -7.28. The normalized spacial score (nSPS) is 17.8. The van der Waals surface area contributed by atoms with Crippen molar-refractivity contribution in [3.8, 4) is 0 Å². The van der Waals surface area contributed by atoms with Crippen LogP contribution in [0, 0.1) is 0 Å². The van der Waals surface area contributed by atoms with Crippen molar-refractivity contribution in [1.82, 2.24) is 20.0 Å². The molecule has 4 rings (SSSR count). The van der Waals surface area contributed by atoms with E-state index in [0.29, 0.717) is 47.9 Å². The number of rotatable bonds is 10. The summed E-state index contributed by atoms with van der Waals surface area (Å²) in [7, 11) is 2.55. The van der Waals surface area contributed by atoms with Gasteiger partial charge in [0.15, 0.2) is 0 Å². The second kappa shape index (κ2) is 15.3. The summed E-state index contributed by atoms with van der Waals surface area (Å²) in [5.41, 5.74) is -2.98. The summed E-state index contributed by atoms with van der Waals surface area (Å²) < 4.78 is 80.8. The second-order valence-corrected chi connectivity index (χ2v) is 12.4. The number of nitrogens with one attached hydrogen (secondary N) is 1. The van der Waals surface area contributed by atoms with Gasteiger partial charge in [-0.05, 0) is 68.1 Å². The van der Waals surface area contributed by atoms with Gasteiger partial charge in [0.2, 0.25) is 0 Å². The number of carbonyl (C=O) groups is 2. The van der Waals surface area contributed by atoms with E-state index in [0.717, 1.165) is 43.8 Å². The van der Waals surface area contributed by atoms with Crippen LogP contribution in [0.5, 0.6) is 0 Å². The molecular formula is C31H35Cl2F6N5O3. The van der Waals surface area contributed by atoms with E-state index in [1.54, 1.807) is 18.2 Å². The van der Waals surface area contributed by atoms with Crippen LogP contribution in [0.3, 0.4) is 0 Å². The highest BCUT2D eigenvalue weighted by Gasteiger charge is 2.38. The van der Waals surface area contributed by atoms with Crippen molar-refractivity contribution in [1.29, 1.82) is 0 Å². The number of benzene rings is 2. The first-order valence-corrected chi connectivity index (χ1v) is 15.7. The van der Waals surface area contributed by atoms with Crippen molar-refractivity contribution < 1.29 is 40.8 Å². The Kier molecular flexibility index (Phi) is 11.9. The fourth-order valence-electron chi connectivity index (χ4n) is 5.95. The lowest BCUT2D eigenvalue weighted by atomic mass is 9.89. The average Bonchev–Trinajstić information content (AvgIpc) is 3.02. The molecule has 2 aromatic carbocycles. The smallest absolute Gasteiger partial charge is 0.399 e. The van der Waals surface area contributed by atoms with Crippen LogP contribution in [0.2, 0.25) is 10.0 Å². The molecule has 0 aromatic heterocycles. The Morgan fingerprint density at radius 3 is 2.21 bits per heavy atom. The molecule has 2 aromatic rings. The van der Waals surface area contributed by atoms with Crippen LogP contribution in [0.4, 0.5) is 31.1 Å². The summed E-state index contributed by atoms with van der Waals surface area (Å²) >= 11 is 12.5. The summed E-state index contributed by atoms with van der Waals surface area (Å²) in [6, 6.07) is 5.83. The zero-order valence-corrected chi connectivity index (χ0v) is 27.2. The SMILES string of the molecule is CO/N=C(\CN(C)C(=O)c1cc(C(F)(F)F)cc(C(F)(F)F)c1)C(CCN1CCC(N2CCCNC2=O)CC1)c1ccc(Cl)c(Cl)c1. The summed E-state index contributed by atoms with van der Waals surface area (Å²) in [4.78, 5) is 35.8. The average molecular weight is 711 g/mol. The third kappa shape index (κ3) is 9.44. The lowest BCUT2D eigenvalue weighted by molar-refractivity contribution is -0.143. The van der Waals surface area contributed by atoms with Crippen LogP contribution in [0.1, 0.15) is 58.6 Å². The van der Waals surface area contributed by atoms with Gasteiger partial charge in [-0.1, -0.05) is 34.4 Å². The molecule has 1 N–H and O–H groups in total. The van der Waals surface area contributed by atoms with Crippen molar-refractivity contribution >= 4 is 40.9 Å². The minimum Gasteiger partial charge on any atom is -0.399 e. The topological polar surface area (TPSA) is 77.5 Å². The minimum atomic E-state index is -5.11. The highest BCUT2D eigenvalue weighted by atomic mass is 35.5. The number of nitrogens with zero attached hydrogens (tertiary/aromatic N) is 4. The molecule has 3 amide bonds. The fraction of sp³-hybridized carbons (Fsp3) is 0.516. The first-order valence-electron chi connectivity index (χ1n) is 14.9. The van der Waals surface area contributed by atoms with E-state index in [-0.39, 0.29) is 29.7 Å². The number of carbonyl (C=O) groups excluding carboxylic acids is 2. The maximum absolute atomic E-state index is 13.5. The number of halogens is 8. The van der Waals surface area contributed by atoms with Gasteiger partial charge in [0.1, 0.15) is 7.11 Å². The van der Waals surface area contributed by atoms with Crippen molar-refractivity contribution in [2.45, 2.75) is 50.0 Å². The Hall–Kier alpha value is -3.23. The Bertz CT molecular complexity index is 1430. The zero-order valence-electron chi connectivity index (χ0n) is 25.7. The second-order valence-electron chi connectivity index (χ2n) is 11.6. The molecule has 2 aliphatic rings. The number of oxime groups is 1. The van der Waals surface area contributed by atoms with E-state index in [1.807, 2.05) is 4.90 Å². The summed E-state index contributed by atoms with van der Waals surface area (Å²) in [5, 5.41) is 7.60. The van der Waals surface area contributed by atoms with Crippen LogP contribution >= 0.6 is 23.2 Å². The van der Waals surface area contributed by atoms with Gasteiger partial charge in [0, 0.05) is 50.7 Å². The van der Waals surface area contributed by atoms with Crippen LogP contribution in [-0.2, 0) is 17.2 Å². The zero-order chi connectivity index (χ0) is 34.5. The molecule has 47 heavy (non-hydrogen) atoms. The van der Waals surface area contributed by atoms with Gasteiger partial charge < -0.3 is 24.9 Å². The number of piperidine rings is 1. The number of alkyl halides is 6. The molecular weight excluding hydrogens is 675 g/mol. The third-order valence-corrected chi connectivity index (χ3v) is 9.12. The van der Waals surface area contributed by atoms with E-state index in [2.05, 4.69) is 15.4 Å². The summed E-state index contributed by atoms with van der Waals surface area (Å²) in [6.45, 7) is 3.15. The number of hydrogen-bond donors (Lipinski definition) is 1. The Morgan fingerprint density at radius 1 is 1.02 bits per heavy atom. The molecule has 0 saturated carbocycles. The van der Waals surface area contributed by atoms with E-state index >= 15 is 0 Å². The molecule has 1 atom stereocenters. The van der Waals surface area contributed by atoms with Gasteiger partial charge in [0.05, 0.1) is 33.4 Å². The highest BCUT2D eigenvalue weighted by molar-refractivity contribution is 6.42. The van der Waals surface area contributed by atoms with Gasteiger partial charge in [-0.15, -0.1) is 0 Å². The lowest BCUT2D eigenvalue weighted by Gasteiger charge is -2.40. The predicted molar refractivity (Wildman–Crippen MR) is 166 cm³/mol. The number of urea groups is 1. The summed E-state index contributed by atoms with van der Waals surface area (Å²) in [5.74, 6) is -1.58. The van der Waals surface area contributed by atoms with Crippen molar-refractivity contribution in [2.75, 3.05) is 53.4 Å². The third-order valence-electron chi connectivity index (χ3n) is 8.38. The van der Waals surface area contributed by atoms with Gasteiger partial charge in [-0.2, -0.15) is 26.3 Å². The molecule has 0 spiro atoms. The van der Waals surface area contributed by atoms with Gasteiger partial charge in [0.25, 0.3) is 5.91 Å². The van der Waals surface area contributed by atoms with Crippen molar-refractivity contribution in [3.63, 3.8) is 0 Å². The maximum atomic E-state index is 13.5. The van der Waals surface area contributed by atoms with E-state index in [9.17, 15) is 35.9 Å². The molecule has 0 bridgehead atoms. The van der Waals surface area contributed by atoms with Crippen LogP contribution in [0.15, 0.2) is 41.6 Å². The van der Waals surface area contributed by atoms with Gasteiger partial charge >= 0.3 is 18.4 Å². The molecule has 2 fully saturated rings. The molecule has 2 aliphatic heterocycles. The van der Waals surface area contributed by atoms with Crippen LogP contribution in [0.25, 0.3) is 0 Å². The van der Waals surface area contributed by atoms with Gasteiger partial charge in [-0.3, -0.25) is 4.79 Å². The molecule has 0 aliphatic carbocycles. The maximum Gasteiger partial charge on any atom is 0.416 e. The quantitative estimate of drug-likeness (QED) is 0.161. The van der Waals surface area contributed by atoms with E-state index < -0.39 is 40.9 Å². The molecule has 2 saturated heterocycles. The van der Waals surface area contributed by atoms with Crippen molar-refractivity contribution in [3.05, 3.63) is 68.7 Å². The van der Waals surface area contributed by atoms with Crippen LogP contribution < -0.4 is 5.32 Å². The van der Waals surface area contributed by atoms with E-state index in [4.69, 9.17) is 28.0 Å². The Balaban J connectivity index is 1.54. The number of likely N-dealkylation sites (tertiary alicyclic amines) is 1. The van der Waals surface area contributed by atoms with Crippen LogP contribution in [-0.4, -0.2) is 91.8 Å². The van der Waals surface area contributed by atoms with E-state index in [1.165, 1.54) is 14.2 Å². The predicted octanol–water partition coefficient (Wildman–Crippen LogP) is 7.16. The molecule has 16 heteroatoms. The fourth-order valence-corrected chi connectivity index (χ4v) is 6.26. The molecule has 1 unspecified atom stereocenters. The molecule has 258 valence electrons. The molecule has 8 nitrogen and oxygen atoms in total. The van der Waals surface area contributed by atoms with Crippen molar-refractivity contribution in [2.24, 2.45) is 5.16 Å². The Labute approximate surface area is 278 Å². The first-order chi connectivity index (χ1) is 22.1.